The number of aryl methyl sites for hydroxylation is 1. The fraction of sp³-hybridized carbons (Fsp3) is 0.500. The molecule has 0 atom stereocenters. The largest absolute Gasteiger partial charge is 0.478 e. The highest BCUT2D eigenvalue weighted by molar-refractivity contribution is 5.97. The number of hydrogen-bond acceptors (Lipinski definition) is 3. The first-order valence-corrected chi connectivity index (χ1v) is 7.41. The van der Waals surface area contributed by atoms with Crippen molar-refractivity contribution in [2.75, 3.05) is 18.1 Å². The minimum Gasteiger partial charge on any atom is -0.478 e. The Labute approximate surface area is 124 Å². The normalized spacial score (nSPS) is 14.1. The summed E-state index contributed by atoms with van der Waals surface area (Å²) in [5.41, 5.74) is 2.05. The van der Waals surface area contributed by atoms with Gasteiger partial charge in [0.05, 0.1) is 5.56 Å². The van der Waals surface area contributed by atoms with E-state index < -0.39 is 5.97 Å². The molecule has 1 aliphatic rings. The monoisotopic (exact) mass is 291 g/mol. The highest BCUT2D eigenvalue weighted by Crippen LogP contribution is 2.29. The van der Waals surface area contributed by atoms with Gasteiger partial charge in [-0.1, -0.05) is 12.8 Å². The minimum absolute atomic E-state index is 0.104. The quantitative estimate of drug-likeness (QED) is 0.755. The number of fused-ring (bicyclic) bond motifs is 1. The summed E-state index contributed by atoms with van der Waals surface area (Å²) in [7, 11) is 0. The lowest BCUT2D eigenvalue weighted by atomic mass is 9.98. The lowest BCUT2D eigenvalue weighted by Crippen LogP contribution is -2.36. The van der Waals surface area contributed by atoms with Gasteiger partial charge in [-0.25, -0.2) is 4.79 Å². The third-order valence-electron chi connectivity index (χ3n) is 3.82. The average Bonchev–Trinajstić information content (AvgIpc) is 2.48. The molecule has 21 heavy (non-hydrogen) atoms. The summed E-state index contributed by atoms with van der Waals surface area (Å²) >= 11 is 0. The fourth-order valence-electron chi connectivity index (χ4n) is 2.67. The van der Waals surface area contributed by atoms with Crippen molar-refractivity contribution >= 4 is 17.6 Å². The summed E-state index contributed by atoms with van der Waals surface area (Å²) in [5, 5.41) is 17.8. The Bertz CT molecular complexity index is 527. The standard InChI is InChI=1S/C16H21NO4/c18-10-4-2-1-3-9-17-14-7-5-13(16(20)21)11-12(14)6-8-15(17)19/h5,7,11,18H,1-4,6,8-10H2,(H,20,21). The third-order valence-corrected chi connectivity index (χ3v) is 3.82. The molecule has 0 bridgehead atoms. The van der Waals surface area contributed by atoms with Gasteiger partial charge < -0.3 is 15.1 Å². The van der Waals surface area contributed by atoms with E-state index in [1.807, 2.05) is 0 Å². The molecule has 0 saturated heterocycles. The maximum Gasteiger partial charge on any atom is 0.335 e. The molecule has 1 aliphatic heterocycles. The molecule has 2 N–H and O–H groups in total. The van der Waals surface area contributed by atoms with Gasteiger partial charge in [0.25, 0.3) is 0 Å². The molecule has 0 unspecified atom stereocenters. The Kier molecular flexibility index (Phi) is 5.33. The first kappa shape index (κ1) is 15.5. The van der Waals surface area contributed by atoms with Crippen LogP contribution in [0.5, 0.6) is 0 Å². The van der Waals surface area contributed by atoms with Crippen LogP contribution in [-0.4, -0.2) is 35.2 Å². The van der Waals surface area contributed by atoms with Crippen molar-refractivity contribution in [3.8, 4) is 0 Å². The van der Waals surface area contributed by atoms with Crippen molar-refractivity contribution in [1.29, 1.82) is 0 Å². The number of benzene rings is 1. The van der Waals surface area contributed by atoms with E-state index in [0.717, 1.165) is 36.9 Å². The lowest BCUT2D eigenvalue weighted by Gasteiger charge is -2.29. The second kappa shape index (κ2) is 7.22. The maximum absolute atomic E-state index is 12.1. The number of carboxylic acids is 1. The van der Waals surface area contributed by atoms with E-state index in [4.69, 9.17) is 10.2 Å². The number of unbranched alkanes of at least 4 members (excludes halogenated alkanes) is 3. The van der Waals surface area contributed by atoms with Gasteiger partial charge in [-0.15, -0.1) is 0 Å². The molecule has 5 heteroatoms. The molecule has 0 aromatic heterocycles. The van der Waals surface area contributed by atoms with E-state index in [0.29, 0.717) is 19.4 Å². The van der Waals surface area contributed by atoms with Gasteiger partial charge in [-0.3, -0.25) is 4.79 Å². The molecule has 1 aromatic rings. The summed E-state index contributed by atoms with van der Waals surface area (Å²) in [5.74, 6) is -0.835. The SMILES string of the molecule is O=C(O)c1ccc2c(c1)CCC(=O)N2CCCCCCO. The Balaban J connectivity index is 2.05. The van der Waals surface area contributed by atoms with Crippen LogP contribution in [0.3, 0.4) is 0 Å². The van der Waals surface area contributed by atoms with Gasteiger partial charge in [-0.05, 0) is 43.0 Å². The molecule has 0 saturated carbocycles. The van der Waals surface area contributed by atoms with Gasteiger partial charge in [0.2, 0.25) is 5.91 Å². The molecule has 0 spiro atoms. The smallest absolute Gasteiger partial charge is 0.335 e. The molecular formula is C16H21NO4. The zero-order valence-electron chi connectivity index (χ0n) is 12.0. The summed E-state index contributed by atoms with van der Waals surface area (Å²) in [6.07, 6.45) is 4.68. The lowest BCUT2D eigenvalue weighted by molar-refractivity contribution is -0.118. The van der Waals surface area contributed by atoms with Crippen LogP contribution >= 0.6 is 0 Å². The van der Waals surface area contributed by atoms with Crippen molar-refractivity contribution in [3.63, 3.8) is 0 Å². The van der Waals surface area contributed by atoms with Crippen LogP contribution in [0.15, 0.2) is 18.2 Å². The summed E-state index contributed by atoms with van der Waals surface area (Å²) < 4.78 is 0. The first-order valence-electron chi connectivity index (χ1n) is 7.41. The topological polar surface area (TPSA) is 77.8 Å². The number of aliphatic hydroxyl groups is 1. The second-order valence-electron chi connectivity index (χ2n) is 5.33. The number of rotatable bonds is 7. The number of hydrogen-bond donors (Lipinski definition) is 2. The summed E-state index contributed by atoms with van der Waals surface area (Å²) in [4.78, 5) is 24.8. The van der Waals surface area contributed by atoms with E-state index in [1.165, 1.54) is 0 Å². The van der Waals surface area contributed by atoms with E-state index in [1.54, 1.807) is 23.1 Å². The Hall–Kier alpha value is -1.88. The molecule has 2 rings (SSSR count). The van der Waals surface area contributed by atoms with E-state index in [2.05, 4.69) is 0 Å². The second-order valence-corrected chi connectivity index (χ2v) is 5.33. The maximum atomic E-state index is 12.1. The third kappa shape index (κ3) is 3.82. The molecule has 1 aromatic carbocycles. The van der Waals surface area contributed by atoms with Crippen LogP contribution in [0.4, 0.5) is 5.69 Å². The van der Waals surface area contributed by atoms with Gasteiger partial charge in [0, 0.05) is 25.3 Å². The van der Waals surface area contributed by atoms with Crippen LogP contribution in [0.25, 0.3) is 0 Å². The number of aromatic carboxylic acids is 1. The molecule has 1 heterocycles. The van der Waals surface area contributed by atoms with Crippen LogP contribution < -0.4 is 4.90 Å². The van der Waals surface area contributed by atoms with Crippen molar-refractivity contribution < 1.29 is 19.8 Å². The van der Waals surface area contributed by atoms with Crippen LogP contribution in [0.1, 0.15) is 48.0 Å². The zero-order chi connectivity index (χ0) is 15.2. The number of carbonyl (C=O) groups excluding carboxylic acids is 1. The summed E-state index contributed by atoms with van der Waals surface area (Å²) in [6.45, 7) is 0.868. The fourth-order valence-corrected chi connectivity index (χ4v) is 2.67. The molecule has 114 valence electrons. The number of anilines is 1. The van der Waals surface area contributed by atoms with Crippen molar-refractivity contribution in [2.24, 2.45) is 0 Å². The Morgan fingerprint density at radius 1 is 1.14 bits per heavy atom. The van der Waals surface area contributed by atoms with Gasteiger partial charge in [0.1, 0.15) is 0 Å². The number of carbonyl (C=O) groups is 2. The molecule has 0 fully saturated rings. The molecule has 5 nitrogen and oxygen atoms in total. The van der Waals surface area contributed by atoms with Crippen LogP contribution in [0.2, 0.25) is 0 Å². The van der Waals surface area contributed by atoms with Crippen molar-refractivity contribution in [3.05, 3.63) is 29.3 Å². The highest BCUT2D eigenvalue weighted by Gasteiger charge is 2.24. The van der Waals surface area contributed by atoms with Crippen molar-refractivity contribution in [2.45, 2.75) is 38.5 Å². The minimum atomic E-state index is -0.940. The van der Waals surface area contributed by atoms with Crippen LogP contribution in [0, 0.1) is 0 Å². The van der Waals surface area contributed by atoms with Gasteiger partial charge in [-0.2, -0.15) is 0 Å². The Morgan fingerprint density at radius 3 is 2.62 bits per heavy atom. The molecule has 0 aliphatic carbocycles. The highest BCUT2D eigenvalue weighted by atomic mass is 16.4. The van der Waals surface area contributed by atoms with Gasteiger partial charge in [0.15, 0.2) is 0 Å². The van der Waals surface area contributed by atoms with Crippen molar-refractivity contribution in [1.82, 2.24) is 0 Å². The number of carboxylic acid groups (broad SMARTS) is 1. The van der Waals surface area contributed by atoms with E-state index in [-0.39, 0.29) is 18.1 Å². The van der Waals surface area contributed by atoms with E-state index >= 15 is 0 Å². The average molecular weight is 291 g/mol. The zero-order valence-corrected chi connectivity index (χ0v) is 12.0. The van der Waals surface area contributed by atoms with Gasteiger partial charge >= 0.3 is 5.97 Å². The van der Waals surface area contributed by atoms with Crippen LogP contribution in [-0.2, 0) is 11.2 Å². The Morgan fingerprint density at radius 2 is 1.90 bits per heavy atom. The number of amides is 1. The molecule has 1 amide bonds. The molecule has 0 radical (unpaired) electrons. The molecular weight excluding hydrogens is 270 g/mol. The van der Waals surface area contributed by atoms with E-state index in [9.17, 15) is 9.59 Å². The first-order chi connectivity index (χ1) is 10.1. The number of aliphatic hydroxyl groups excluding tert-OH is 1. The predicted octanol–water partition coefficient (Wildman–Crippen LogP) is 2.22. The number of nitrogens with zero attached hydrogens (tertiary/aromatic N) is 1. The summed E-state index contributed by atoms with van der Waals surface area (Å²) in [6, 6.07) is 4.96. The predicted molar refractivity (Wildman–Crippen MR) is 79.6 cm³/mol.